The number of hydrogen-bond acceptors (Lipinski definition) is 2. The molecule has 0 unspecified atom stereocenters. The molecule has 0 radical (unpaired) electrons. The fourth-order valence-corrected chi connectivity index (χ4v) is 8.66. The minimum atomic E-state index is -0.161. The van der Waals surface area contributed by atoms with Gasteiger partial charge in [-0.15, -0.1) is 0 Å². The van der Waals surface area contributed by atoms with E-state index in [1.54, 1.807) is 11.1 Å². The van der Waals surface area contributed by atoms with Crippen molar-refractivity contribution < 1.29 is 9.84 Å². The summed E-state index contributed by atoms with van der Waals surface area (Å²) >= 11 is 0. The Morgan fingerprint density at radius 1 is 1.06 bits per heavy atom. The van der Waals surface area contributed by atoms with Crippen LogP contribution in [0, 0.1) is 34.0 Å². The first-order chi connectivity index (χ1) is 14.4. The molecule has 7 atom stereocenters. The molecule has 0 aromatic heterocycles. The molecule has 0 amide bonds. The molecule has 3 aliphatic carbocycles. The lowest BCUT2D eigenvalue weighted by molar-refractivity contribution is -0.102. The van der Waals surface area contributed by atoms with E-state index >= 15 is 0 Å². The van der Waals surface area contributed by atoms with E-state index in [1.165, 1.54) is 37.7 Å². The number of allylic oxidation sites excluding steroid dienone is 3. The van der Waals surface area contributed by atoms with E-state index < -0.39 is 0 Å². The van der Waals surface area contributed by atoms with Crippen molar-refractivity contribution in [3.05, 3.63) is 22.8 Å². The number of aliphatic hydroxyl groups excluding tert-OH is 1. The number of aliphatic hydroxyl groups is 1. The second kappa shape index (κ2) is 7.73. The first-order valence-electron chi connectivity index (χ1n) is 13.1. The predicted octanol–water partition coefficient (Wildman–Crippen LogP) is 7.47. The van der Waals surface area contributed by atoms with E-state index in [4.69, 9.17) is 4.74 Å². The topological polar surface area (TPSA) is 29.5 Å². The molecule has 31 heavy (non-hydrogen) atoms. The Bertz CT molecular complexity index is 772. The molecule has 0 aromatic rings. The second-order valence-electron chi connectivity index (χ2n) is 13.0. The Morgan fingerprint density at radius 2 is 1.77 bits per heavy atom. The molecule has 2 fully saturated rings. The summed E-state index contributed by atoms with van der Waals surface area (Å²) in [5.41, 5.74) is 5.19. The fraction of sp³-hybridized carbons (Fsp3) is 0.862. The van der Waals surface area contributed by atoms with Crippen molar-refractivity contribution in [1.29, 1.82) is 0 Å². The van der Waals surface area contributed by atoms with Crippen LogP contribution in [0.25, 0.3) is 0 Å². The normalized spacial score (nSPS) is 44.9. The number of ether oxygens (including phenoxy) is 1. The van der Waals surface area contributed by atoms with E-state index in [0.717, 1.165) is 25.9 Å². The Morgan fingerprint density at radius 3 is 2.45 bits per heavy atom. The third kappa shape index (κ3) is 3.33. The predicted molar refractivity (Wildman–Crippen MR) is 130 cm³/mol. The molecule has 2 heteroatoms. The van der Waals surface area contributed by atoms with Gasteiger partial charge in [-0.3, -0.25) is 0 Å². The molecular weight excluding hydrogens is 380 g/mol. The lowest BCUT2D eigenvalue weighted by Gasteiger charge is -2.61. The van der Waals surface area contributed by atoms with Crippen molar-refractivity contribution in [3.63, 3.8) is 0 Å². The maximum Gasteiger partial charge on any atom is 0.0923 e. The first-order valence-corrected chi connectivity index (χ1v) is 13.1. The standard InChI is InChI=1S/C29H48O2/c1-19(2)10-9-11-20(3)23-18-31-29(8)22-12-13-24-26(4,5)25(30)15-16-27(24,6)21(22)14-17-28(23,29)7/h10,20,23-25,30H,9,11-18H2,1-8H3/t20-,23-,24+,25+,27-,28-,29+/m1/s1. The highest BCUT2D eigenvalue weighted by Crippen LogP contribution is 2.68. The highest BCUT2D eigenvalue weighted by molar-refractivity contribution is 5.40. The van der Waals surface area contributed by atoms with Crippen molar-refractivity contribution in [2.45, 2.75) is 118 Å². The van der Waals surface area contributed by atoms with Crippen LogP contribution in [0.3, 0.4) is 0 Å². The Hall–Kier alpha value is -0.600. The van der Waals surface area contributed by atoms with Gasteiger partial charge in [-0.05, 0) is 106 Å². The summed E-state index contributed by atoms with van der Waals surface area (Å²) in [6.45, 7) is 20.0. The first kappa shape index (κ1) is 23.6. The molecule has 2 nitrogen and oxygen atoms in total. The largest absolute Gasteiger partial charge is 0.393 e. The lowest BCUT2D eigenvalue weighted by atomic mass is 9.44. The van der Waals surface area contributed by atoms with Gasteiger partial charge in [0.05, 0.1) is 18.3 Å². The van der Waals surface area contributed by atoms with Gasteiger partial charge < -0.3 is 9.84 Å². The Balaban J connectivity index is 1.65. The van der Waals surface area contributed by atoms with Crippen LogP contribution in [0.1, 0.15) is 107 Å². The number of rotatable bonds is 4. The van der Waals surface area contributed by atoms with Gasteiger partial charge >= 0.3 is 0 Å². The molecule has 4 rings (SSSR count). The Labute approximate surface area is 191 Å². The van der Waals surface area contributed by atoms with Gasteiger partial charge in [-0.2, -0.15) is 0 Å². The minimum absolute atomic E-state index is 0.00565. The summed E-state index contributed by atoms with van der Waals surface area (Å²) in [5, 5.41) is 10.8. The Kier molecular flexibility index (Phi) is 5.87. The second-order valence-corrected chi connectivity index (χ2v) is 13.0. The van der Waals surface area contributed by atoms with Gasteiger partial charge in [0.2, 0.25) is 0 Å². The van der Waals surface area contributed by atoms with Crippen LogP contribution in [0.5, 0.6) is 0 Å². The van der Waals surface area contributed by atoms with Crippen molar-refractivity contribution >= 4 is 0 Å². The van der Waals surface area contributed by atoms with E-state index in [2.05, 4.69) is 61.5 Å². The van der Waals surface area contributed by atoms with Gasteiger partial charge in [0.15, 0.2) is 0 Å². The molecule has 1 saturated carbocycles. The van der Waals surface area contributed by atoms with Gasteiger partial charge in [0, 0.05) is 5.41 Å². The lowest BCUT2D eigenvalue weighted by Crippen LogP contribution is -2.57. The average Bonchev–Trinajstić information content (AvgIpc) is 2.96. The summed E-state index contributed by atoms with van der Waals surface area (Å²) in [6.07, 6.45) is 11.6. The van der Waals surface area contributed by atoms with Crippen LogP contribution in [0.15, 0.2) is 22.8 Å². The molecule has 0 aromatic carbocycles. The number of fused-ring (bicyclic) bond motifs is 4. The molecule has 1 saturated heterocycles. The van der Waals surface area contributed by atoms with Crippen molar-refractivity contribution in [3.8, 4) is 0 Å². The van der Waals surface area contributed by atoms with Gasteiger partial charge in [0.25, 0.3) is 0 Å². The smallest absolute Gasteiger partial charge is 0.0923 e. The van der Waals surface area contributed by atoms with Crippen LogP contribution in [-0.2, 0) is 4.74 Å². The SMILES string of the molecule is CC(C)=CCC[C@@H](C)[C@H]1CO[C@@]2(C)C3=C(CC[C@]12C)[C@@]1(C)CC[C@H](O)C(C)(C)[C@@H]1CC3. The van der Waals surface area contributed by atoms with E-state index in [1.807, 2.05) is 0 Å². The van der Waals surface area contributed by atoms with E-state index in [0.29, 0.717) is 17.8 Å². The molecule has 176 valence electrons. The van der Waals surface area contributed by atoms with Crippen molar-refractivity contribution in [2.24, 2.45) is 34.0 Å². The summed E-state index contributed by atoms with van der Waals surface area (Å²) in [7, 11) is 0. The molecule has 1 heterocycles. The number of hydrogen-bond donors (Lipinski definition) is 1. The maximum atomic E-state index is 10.8. The van der Waals surface area contributed by atoms with Crippen molar-refractivity contribution in [2.75, 3.05) is 6.61 Å². The summed E-state index contributed by atoms with van der Waals surface area (Å²) in [4.78, 5) is 0. The van der Waals surface area contributed by atoms with Crippen LogP contribution < -0.4 is 0 Å². The molecule has 0 bridgehead atoms. The zero-order valence-electron chi connectivity index (χ0n) is 21.6. The van der Waals surface area contributed by atoms with Crippen molar-refractivity contribution in [1.82, 2.24) is 0 Å². The maximum absolute atomic E-state index is 10.8. The van der Waals surface area contributed by atoms with Crippen LogP contribution in [-0.4, -0.2) is 23.4 Å². The van der Waals surface area contributed by atoms with Gasteiger partial charge in [0.1, 0.15) is 0 Å². The minimum Gasteiger partial charge on any atom is -0.393 e. The third-order valence-corrected chi connectivity index (χ3v) is 11.0. The molecular formula is C29H48O2. The molecule has 1 N–H and O–H groups in total. The highest BCUT2D eigenvalue weighted by Gasteiger charge is 2.64. The average molecular weight is 429 g/mol. The van der Waals surface area contributed by atoms with Crippen LogP contribution >= 0.6 is 0 Å². The third-order valence-electron chi connectivity index (χ3n) is 11.0. The summed E-state index contributed by atoms with van der Waals surface area (Å²) in [5.74, 6) is 1.92. The van der Waals surface area contributed by atoms with Crippen LogP contribution in [0.4, 0.5) is 0 Å². The summed E-state index contributed by atoms with van der Waals surface area (Å²) < 4.78 is 6.85. The summed E-state index contributed by atoms with van der Waals surface area (Å²) in [6, 6.07) is 0. The molecule has 4 aliphatic rings. The van der Waals surface area contributed by atoms with Crippen LogP contribution in [0.2, 0.25) is 0 Å². The zero-order valence-corrected chi connectivity index (χ0v) is 21.6. The molecule has 0 spiro atoms. The fourth-order valence-electron chi connectivity index (χ4n) is 8.66. The van der Waals surface area contributed by atoms with Gasteiger partial charge in [-0.25, -0.2) is 0 Å². The monoisotopic (exact) mass is 428 g/mol. The zero-order chi connectivity index (χ0) is 22.8. The van der Waals surface area contributed by atoms with E-state index in [-0.39, 0.29) is 27.9 Å². The quantitative estimate of drug-likeness (QED) is 0.471. The van der Waals surface area contributed by atoms with Gasteiger partial charge in [-0.1, -0.05) is 51.8 Å². The highest BCUT2D eigenvalue weighted by atomic mass is 16.5. The van der Waals surface area contributed by atoms with E-state index in [9.17, 15) is 5.11 Å². The molecule has 1 aliphatic heterocycles.